The summed E-state index contributed by atoms with van der Waals surface area (Å²) in [5.74, 6) is -0.391. The molecule has 6 heteroatoms. The van der Waals surface area contributed by atoms with Crippen molar-refractivity contribution in [3.05, 3.63) is 29.3 Å². The Bertz CT molecular complexity index is 557. The van der Waals surface area contributed by atoms with Gasteiger partial charge >= 0.3 is 12.0 Å². The maximum absolute atomic E-state index is 11.5. The van der Waals surface area contributed by atoms with Crippen molar-refractivity contribution in [3.8, 4) is 5.75 Å². The highest BCUT2D eigenvalue weighted by Crippen LogP contribution is 2.40. The largest absolute Gasteiger partial charge is 0.478 e. The number of aromatic carboxylic acids is 1. The number of benzene rings is 1. The first-order chi connectivity index (χ1) is 8.47. The molecule has 2 bridgehead atoms. The van der Waals surface area contributed by atoms with Crippen molar-refractivity contribution in [2.24, 2.45) is 0 Å². The summed E-state index contributed by atoms with van der Waals surface area (Å²) >= 11 is 0. The van der Waals surface area contributed by atoms with Crippen molar-refractivity contribution in [1.29, 1.82) is 0 Å². The molecule has 2 atom stereocenters. The number of carboxylic acids is 1. The van der Waals surface area contributed by atoms with Gasteiger partial charge in [-0.15, -0.1) is 0 Å². The average molecular weight is 248 g/mol. The fourth-order valence-electron chi connectivity index (χ4n) is 2.47. The summed E-state index contributed by atoms with van der Waals surface area (Å²) in [6.45, 7) is 1.80. The van der Waals surface area contributed by atoms with Crippen molar-refractivity contribution >= 4 is 12.0 Å². The zero-order valence-electron chi connectivity index (χ0n) is 9.69. The number of carbonyl (C=O) groups is 2. The summed E-state index contributed by atoms with van der Waals surface area (Å²) in [5, 5.41) is 14.5. The van der Waals surface area contributed by atoms with Gasteiger partial charge < -0.3 is 20.5 Å². The Morgan fingerprint density at radius 1 is 1.56 bits per heavy atom. The topological polar surface area (TPSA) is 87.7 Å². The second-order valence-corrected chi connectivity index (χ2v) is 4.75. The molecular formula is C12H12N2O4. The van der Waals surface area contributed by atoms with Crippen molar-refractivity contribution in [2.45, 2.75) is 25.1 Å². The molecule has 2 aliphatic heterocycles. The first-order valence-electron chi connectivity index (χ1n) is 5.62. The lowest BCUT2D eigenvalue weighted by molar-refractivity contribution is 0.0119. The van der Waals surface area contributed by atoms with Crippen LogP contribution in [0.4, 0.5) is 4.79 Å². The van der Waals surface area contributed by atoms with Crippen molar-refractivity contribution < 1.29 is 19.4 Å². The molecule has 18 heavy (non-hydrogen) atoms. The maximum atomic E-state index is 11.5. The van der Waals surface area contributed by atoms with E-state index < -0.39 is 11.7 Å². The van der Waals surface area contributed by atoms with Crippen LogP contribution in [0.5, 0.6) is 5.75 Å². The van der Waals surface area contributed by atoms with Crippen LogP contribution in [0.15, 0.2) is 18.2 Å². The van der Waals surface area contributed by atoms with E-state index in [1.165, 1.54) is 6.07 Å². The molecule has 0 aliphatic carbocycles. The van der Waals surface area contributed by atoms with E-state index in [1.54, 1.807) is 19.1 Å². The summed E-state index contributed by atoms with van der Waals surface area (Å²) in [4.78, 5) is 22.4. The normalized spacial score (nSPS) is 28.5. The minimum atomic E-state index is -0.994. The third-order valence-corrected chi connectivity index (χ3v) is 3.24. The van der Waals surface area contributed by atoms with E-state index in [0.717, 1.165) is 0 Å². The minimum absolute atomic E-state index is 0.189. The molecule has 3 N–H and O–H groups in total. The molecule has 0 saturated carbocycles. The monoisotopic (exact) mass is 248 g/mol. The summed E-state index contributed by atoms with van der Waals surface area (Å²) in [7, 11) is 0. The van der Waals surface area contributed by atoms with Gasteiger partial charge in [-0.25, -0.2) is 9.59 Å². The molecule has 1 saturated heterocycles. The highest BCUT2D eigenvalue weighted by atomic mass is 16.5. The average Bonchev–Trinajstić information content (AvgIpc) is 2.26. The van der Waals surface area contributed by atoms with E-state index in [9.17, 15) is 9.59 Å². The molecule has 2 heterocycles. The Balaban J connectivity index is 2.08. The summed E-state index contributed by atoms with van der Waals surface area (Å²) in [6, 6.07) is 4.15. The Morgan fingerprint density at radius 2 is 2.33 bits per heavy atom. The van der Waals surface area contributed by atoms with Gasteiger partial charge in [0.2, 0.25) is 0 Å². The molecule has 2 amide bonds. The third kappa shape index (κ3) is 1.57. The molecule has 0 spiro atoms. The standard InChI is InChI=1S/C12H12N2O4/c1-12-5-8(13-11(17)14-12)7-4-6(10(15)16)2-3-9(7)18-12/h2-4,8H,5H2,1H3,(H,15,16)(H2,13,14,17)/t8-,12-/m1/s1. The zero-order valence-corrected chi connectivity index (χ0v) is 9.69. The molecule has 0 radical (unpaired) electrons. The van der Waals surface area contributed by atoms with Crippen LogP contribution in [0.25, 0.3) is 0 Å². The predicted octanol–water partition coefficient (Wildman–Crippen LogP) is 1.24. The van der Waals surface area contributed by atoms with Gasteiger partial charge in [-0.05, 0) is 25.1 Å². The first kappa shape index (κ1) is 10.9. The van der Waals surface area contributed by atoms with Gasteiger partial charge in [-0.2, -0.15) is 0 Å². The molecule has 1 aromatic carbocycles. The Labute approximate surface area is 103 Å². The number of rotatable bonds is 1. The van der Waals surface area contributed by atoms with E-state index in [1.807, 2.05) is 0 Å². The van der Waals surface area contributed by atoms with Crippen LogP contribution in [-0.4, -0.2) is 22.8 Å². The van der Waals surface area contributed by atoms with Crippen LogP contribution >= 0.6 is 0 Å². The lowest BCUT2D eigenvalue weighted by Gasteiger charge is -2.44. The molecule has 2 aliphatic rings. The molecule has 3 rings (SSSR count). The predicted molar refractivity (Wildman–Crippen MR) is 61.5 cm³/mol. The van der Waals surface area contributed by atoms with Gasteiger partial charge in [-0.1, -0.05) is 0 Å². The minimum Gasteiger partial charge on any atom is -0.478 e. The Kier molecular flexibility index (Phi) is 2.04. The molecule has 6 nitrogen and oxygen atoms in total. The van der Waals surface area contributed by atoms with E-state index in [-0.39, 0.29) is 17.6 Å². The number of ether oxygens (including phenoxy) is 1. The summed E-state index contributed by atoms with van der Waals surface area (Å²) in [5.41, 5.74) is 0.168. The number of amides is 2. The number of nitrogens with one attached hydrogen (secondary N) is 2. The van der Waals surface area contributed by atoms with E-state index in [0.29, 0.717) is 17.7 Å². The highest BCUT2D eigenvalue weighted by molar-refractivity contribution is 5.88. The number of carboxylic acid groups (broad SMARTS) is 1. The van der Waals surface area contributed by atoms with Gasteiger partial charge in [0.15, 0.2) is 5.72 Å². The number of fused-ring (bicyclic) bond motifs is 4. The Morgan fingerprint density at radius 3 is 3.06 bits per heavy atom. The maximum Gasteiger partial charge on any atom is 0.335 e. The number of hydrogen-bond donors (Lipinski definition) is 3. The smallest absolute Gasteiger partial charge is 0.335 e. The molecule has 1 fully saturated rings. The zero-order chi connectivity index (χ0) is 12.9. The van der Waals surface area contributed by atoms with Crippen molar-refractivity contribution in [2.75, 3.05) is 0 Å². The van der Waals surface area contributed by atoms with E-state index >= 15 is 0 Å². The number of hydrogen-bond acceptors (Lipinski definition) is 3. The highest BCUT2D eigenvalue weighted by Gasteiger charge is 2.43. The van der Waals surface area contributed by atoms with Gasteiger partial charge in [0.25, 0.3) is 0 Å². The van der Waals surface area contributed by atoms with Gasteiger partial charge in [0.05, 0.1) is 11.6 Å². The van der Waals surface area contributed by atoms with Gasteiger partial charge in [0.1, 0.15) is 5.75 Å². The van der Waals surface area contributed by atoms with Crippen LogP contribution in [-0.2, 0) is 0 Å². The SMILES string of the molecule is C[C@@]12C[C@@H](NC(=O)N1)c1cc(C(=O)O)ccc1O2. The van der Waals surface area contributed by atoms with E-state index in [4.69, 9.17) is 9.84 Å². The van der Waals surface area contributed by atoms with E-state index in [2.05, 4.69) is 10.6 Å². The van der Waals surface area contributed by atoms with Crippen LogP contribution in [0, 0.1) is 0 Å². The van der Waals surface area contributed by atoms with Gasteiger partial charge in [-0.3, -0.25) is 0 Å². The van der Waals surface area contributed by atoms with Crippen molar-refractivity contribution in [1.82, 2.24) is 10.6 Å². The van der Waals surface area contributed by atoms with Crippen LogP contribution < -0.4 is 15.4 Å². The molecule has 0 aromatic heterocycles. The number of urea groups is 1. The fourth-order valence-corrected chi connectivity index (χ4v) is 2.47. The molecular weight excluding hydrogens is 236 g/mol. The summed E-state index contributed by atoms with van der Waals surface area (Å²) < 4.78 is 5.73. The van der Waals surface area contributed by atoms with Crippen LogP contribution in [0.2, 0.25) is 0 Å². The quantitative estimate of drug-likeness (QED) is 0.697. The lowest BCUT2D eigenvalue weighted by Crippen LogP contribution is -2.62. The second-order valence-electron chi connectivity index (χ2n) is 4.75. The first-order valence-corrected chi connectivity index (χ1v) is 5.62. The molecule has 1 aromatic rings. The molecule has 0 unspecified atom stereocenters. The summed E-state index contributed by atoms with van der Waals surface area (Å²) in [6.07, 6.45) is 0.564. The second kappa shape index (κ2) is 3.38. The lowest BCUT2D eigenvalue weighted by atomic mass is 9.91. The number of carbonyl (C=O) groups excluding carboxylic acids is 1. The van der Waals surface area contributed by atoms with Crippen LogP contribution in [0.3, 0.4) is 0 Å². The molecule has 94 valence electrons. The fraction of sp³-hybridized carbons (Fsp3) is 0.333. The van der Waals surface area contributed by atoms with Gasteiger partial charge in [0, 0.05) is 12.0 Å². The Hall–Kier alpha value is -2.24. The third-order valence-electron chi connectivity index (χ3n) is 3.24. The van der Waals surface area contributed by atoms with Crippen molar-refractivity contribution in [3.63, 3.8) is 0 Å². The van der Waals surface area contributed by atoms with Crippen LogP contribution in [0.1, 0.15) is 35.3 Å².